The molecule has 26 heavy (non-hydrogen) atoms. The van der Waals surface area contributed by atoms with Crippen molar-refractivity contribution in [3.63, 3.8) is 0 Å². The predicted octanol–water partition coefficient (Wildman–Crippen LogP) is 4.18. The number of carbonyl (C=O) groups is 2. The summed E-state index contributed by atoms with van der Waals surface area (Å²) in [7, 11) is 0. The molecule has 2 aromatic heterocycles. The van der Waals surface area contributed by atoms with Gasteiger partial charge in [0, 0.05) is 18.3 Å². The molecule has 132 valence electrons. The van der Waals surface area contributed by atoms with Crippen molar-refractivity contribution in [3.05, 3.63) is 52.9 Å². The molecule has 1 aromatic carbocycles. The Morgan fingerprint density at radius 2 is 2.08 bits per heavy atom. The maximum Gasteiger partial charge on any atom is 0.230 e. The molecule has 1 N–H and O–H groups in total. The molecule has 0 atom stereocenters. The molecule has 0 bridgehead atoms. The number of thiazole rings is 1. The minimum atomic E-state index is -0.132. The number of aromatic nitrogens is 1. The van der Waals surface area contributed by atoms with Crippen molar-refractivity contribution in [2.75, 3.05) is 16.8 Å². The second kappa shape index (κ2) is 7.39. The number of benzene rings is 1. The Balaban J connectivity index is 1.46. The summed E-state index contributed by atoms with van der Waals surface area (Å²) in [6.07, 6.45) is 1.63. The van der Waals surface area contributed by atoms with Gasteiger partial charge in [0.15, 0.2) is 0 Å². The van der Waals surface area contributed by atoms with Gasteiger partial charge in [-0.2, -0.15) is 0 Å². The molecular formula is C19H17N3O2S2. The quantitative estimate of drug-likeness (QED) is 0.719. The lowest BCUT2D eigenvalue weighted by Gasteiger charge is -2.19. The summed E-state index contributed by atoms with van der Waals surface area (Å²) in [5.74, 6) is -0.0288. The first-order valence-electron chi connectivity index (χ1n) is 8.38. The van der Waals surface area contributed by atoms with Crippen LogP contribution in [0.4, 0.5) is 11.4 Å². The summed E-state index contributed by atoms with van der Waals surface area (Å²) >= 11 is 3.18. The monoisotopic (exact) mass is 383 g/mol. The summed E-state index contributed by atoms with van der Waals surface area (Å²) < 4.78 is 0. The summed E-state index contributed by atoms with van der Waals surface area (Å²) in [5.41, 5.74) is 2.19. The molecule has 1 fully saturated rings. The first kappa shape index (κ1) is 16.9. The highest BCUT2D eigenvalue weighted by molar-refractivity contribution is 7.20. The van der Waals surface area contributed by atoms with Crippen molar-refractivity contribution < 1.29 is 9.59 Å². The van der Waals surface area contributed by atoms with Crippen LogP contribution in [0.2, 0.25) is 0 Å². The molecule has 4 rings (SSSR count). The third-order valence-corrected chi connectivity index (χ3v) is 6.10. The van der Waals surface area contributed by atoms with E-state index in [0.717, 1.165) is 27.7 Å². The van der Waals surface area contributed by atoms with E-state index >= 15 is 0 Å². The number of para-hydroxylation sites is 2. The Labute approximate surface area is 159 Å². The van der Waals surface area contributed by atoms with Crippen LogP contribution in [0.3, 0.4) is 0 Å². The number of anilines is 2. The molecule has 3 aromatic rings. The van der Waals surface area contributed by atoms with Crippen LogP contribution in [0.25, 0.3) is 9.88 Å². The van der Waals surface area contributed by atoms with Crippen molar-refractivity contribution in [2.24, 2.45) is 0 Å². The number of rotatable bonds is 5. The first-order chi connectivity index (χ1) is 12.7. The summed E-state index contributed by atoms with van der Waals surface area (Å²) in [5, 5.41) is 7.81. The van der Waals surface area contributed by atoms with Crippen LogP contribution in [-0.2, 0) is 16.0 Å². The Bertz CT molecular complexity index is 934. The summed E-state index contributed by atoms with van der Waals surface area (Å²) in [6, 6.07) is 11.5. The molecular weight excluding hydrogens is 366 g/mol. The number of carbonyl (C=O) groups excluding carboxylic acids is 2. The van der Waals surface area contributed by atoms with E-state index < -0.39 is 0 Å². The average Bonchev–Trinajstić information content (AvgIpc) is 3.36. The Morgan fingerprint density at radius 1 is 1.19 bits per heavy atom. The van der Waals surface area contributed by atoms with Crippen LogP contribution >= 0.6 is 22.7 Å². The minimum Gasteiger partial charge on any atom is -0.324 e. The highest BCUT2D eigenvalue weighted by Gasteiger charge is 2.24. The molecule has 0 aliphatic carbocycles. The third kappa shape index (κ3) is 3.54. The van der Waals surface area contributed by atoms with Gasteiger partial charge in [0.2, 0.25) is 11.8 Å². The fourth-order valence-electron chi connectivity index (χ4n) is 2.98. The van der Waals surface area contributed by atoms with E-state index in [1.807, 2.05) is 47.2 Å². The summed E-state index contributed by atoms with van der Waals surface area (Å²) in [6.45, 7) is 0.696. The second-order valence-electron chi connectivity index (χ2n) is 6.01. The largest absolute Gasteiger partial charge is 0.324 e. The molecule has 0 radical (unpaired) electrons. The Kier molecular flexibility index (Phi) is 4.81. The first-order valence-corrected chi connectivity index (χ1v) is 10.1. The summed E-state index contributed by atoms with van der Waals surface area (Å²) in [4.78, 5) is 31.9. The zero-order chi connectivity index (χ0) is 17.9. The number of nitrogens with one attached hydrogen (secondary N) is 1. The maximum absolute atomic E-state index is 12.5. The van der Waals surface area contributed by atoms with Gasteiger partial charge >= 0.3 is 0 Å². The van der Waals surface area contributed by atoms with Gasteiger partial charge in [-0.25, -0.2) is 4.98 Å². The van der Waals surface area contributed by atoms with E-state index in [0.29, 0.717) is 18.7 Å². The van der Waals surface area contributed by atoms with Crippen molar-refractivity contribution in [3.8, 4) is 9.88 Å². The normalized spacial score (nSPS) is 14.0. The lowest BCUT2D eigenvalue weighted by atomic mass is 10.2. The van der Waals surface area contributed by atoms with Gasteiger partial charge in [-0.3, -0.25) is 9.59 Å². The molecule has 1 aliphatic rings. The average molecular weight is 383 g/mol. The van der Waals surface area contributed by atoms with E-state index in [2.05, 4.69) is 10.3 Å². The fraction of sp³-hybridized carbons (Fsp3) is 0.211. The van der Waals surface area contributed by atoms with Crippen LogP contribution in [0.5, 0.6) is 0 Å². The molecule has 7 heteroatoms. The van der Waals surface area contributed by atoms with Gasteiger partial charge in [-0.15, -0.1) is 22.7 Å². The van der Waals surface area contributed by atoms with Gasteiger partial charge < -0.3 is 10.2 Å². The van der Waals surface area contributed by atoms with Gasteiger partial charge in [0.05, 0.1) is 28.4 Å². The predicted molar refractivity (Wildman–Crippen MR) is 106 cm³/mol. The van der Waals surface area contributed by atoms with E-state index in [9.17, 15) is 9.59 Å². The highest BCUT2D eigenvalue weighted by Crippen LogP contribution is 2.30. The zero-order valence-corrected chi connectivity index (χ0v) is 15.6. The molecule has 0 saturated carbocycles. The molecule has 5 nitrogen and oxygen atoms in total. The van der Waals surface area contributed by atoms with Crippen molar-refractivity contribution in [2.45, 2.75) is 19.3 Å². The van der Waals surface area contributed by atoms with Crippen LogP contribution in [-0.4, -0.2) is 23.3 Å². The standard InChI is InChI=1S/C19H17N3O2S2/c23-17(11-13-12-26-19(20-13)16-7-4-10-25-16)21-14-5-1-2-6-15(14)22-9-3-8-18(22)24/h1-2,4-7,10,12H,3,8-9,11H2,(H,21,23). The smallest absolute Gasteiger partial charge is 0.230 e. The van der Waals surface area contributed by atoms with Gasteiger partial charge in [0.25, 0.3) is 0 Å². The van der Waals surface area contributed by atoms with Crippen molar-refractivity contribution >= 4 is 45.9 Å². The fourth-order valence-corrected chi connectivity index (χ4v) is 4.61. The number of thiophene rings is 1. The van der Waals surface area contributed by atoms with Crippen molar-refractivity contribution in [1.29, 1.82) is 0 Å². The van der Waals surface area contributed by atoms with Gasteiger partial charge in [-0.05, 0) is 30.0 Å². The molecule has 2 amide bonds. The van der Waals surface area contributed by atoms with Gasteiger partial charge in [0.1, 0.15) is 5.01 Å². The Morgan fingerprint density at radius 3 is 2.85 bits per heavy atom. The Hall–Kier alpha value is -2.51. The molecule has 1 saturated heterocycles. The van der Waals surface area contributed by atoms with Crippen molar-refractivity contribution in [1.82, 2.24) is 4.98 Å². The third-order valence-electron chi connectivity index (χ3n) is 4.17. The van der Waals surface area contributed by atoms with Crippen LogP contribution in [0.15, 0.2) is 47.2 Å². The van der Waals surface area contributed by atoms with Crippen LogP contribution in [0, 0.1) is 0 Å². The number of hydrogen-bond acceptors (Lipinski definition) is 5. The van der Waals surface area contributed by atoms with E-state index in [1.54, 1.807) is 27.6 Å². The van der Waals surface area contributed by atoms with Crippen LogP contribution < -0.4 is 10.2 Å². The molecule has 0 unspecified atom stereocenters. The molecule has 3 heterocycles. The SMILES string of the molecule is O=C(Cc1csc(-c2cccs2)n1)Nc1ccccc1N1CCCC1=O. The minimum absolute atomic E-state index is 0.104. The molecule has 0 spiro atoms. The van der Waals surface area contributed by atoms with Gasteiger partial charge in [-0.1, -0.05) is 18.2 Å². The highest BCUT2D eigenvalue weighted by atomic mass is 32.1. The lowest BCUT2D eigenvalue weighted by molar-refractivity contribution is -0.117. The van der Waals surface area contributed by atoms with E-state index in [-0.39, 0.29) is 18.2 Å². The second-order valence-corrected chi connectivity index (χ2v) is 7.82. The number of hydrogen-bond donors (Lipinski definition) is 1. The van der Waals surface area contributed by atoms with Crippen LogP contribution in [0.1, 0.15) is 18.5 Å². The number of amides is 2. The van der Waals surface area contributed by atoms with E-state index in [4.69, 9.17) is 0 Å². The molecule has 1 aliphatic heterocycles. The lowest BCUT2D eigenvalue weighted by Crippen LogP contribution is -2.26. The number of nitrogens with zero attached hydrogens (tertiary/aromatic N) is 2. The zero-order valence-electron chi connectivity index (χ0n) is 14.0. The topological polar surface area (TPSA) is 62.3 Å². The van der Waals surface area contributed by atoms with E-state index in [1.165, 1.54) is 0 Å². The maximum atomic E-state index is 12.5.